The fraction of sp³-hybridized carbons (Fsp3) is 0.727. The van der Waals surface area contributed by atoms with Gasteiger partial charge in [0.2, 0.25) is 0 Å². The summed E-state index contributed by atoms with van der Waals surface area (Å²) in [5.74, 6) is 0. The van der Waals surface area contributed by atoms with Crippen LogP contribution >= 0.6 is 0 Å². The number of hydrogen-bond acceptors (Lipinski definition) is 2. The zero-order chi connectivity index (χ0) is 10.7. The van der Waals surface area contributed by atoms with Gasteiger partial charge in [-0.1, -0.05) is 13.3 Å². The zero-order valence-corrected chi connectivity index (χ0v) is 9.54. The van der Waals surface area contributed by atoms with Crippen LogP contribution in [0.1, 0.15) is 36.7 Å². The fourth-order valence-electron chi connectivity index (χ4n) is 1.59. The van der Waals surface area contributed by atoms with Gasteiger partial charge in [0.1, 0.15) is 0 Å². The summed E-state index contributed by atoms with van der Waals surface area (Å²) < 4.78 is 1.91. The molecule has 0 amide bonds. The zero-order valence-electron chi connectivity index (χ0n) is 9.54. The molecule has 0 aliphatic rings. The van der Waals surface area contributed by atoms with E-state index in [2.05, 4.69) is 18.9 Å². The molecule has 14 heavy (non-hydrogen) atoms. The van der Waals surface area contributed by atoms with E-state index in [9.17, 15) is 5.11 Å². The average molecular weight is 196 g/mol. The monoisotopic (exact) mass is 196 g/mol. The maximum atomic E-state index is 9.67. The summed E-state index contributed by atoms with van der Waals surface area (Å²) in [6.45, 7) is 8.82. The third kappa shape index (κ3) is 2.35. The molecular formula is C11H20N2O. The summed E-state index contributed by atoms with van der Waals surface area (Å²) >= 11 is 0. The number of nitrogens with zero attached hydrogens (tertiary/aromatic N) is 2. The third-order valence-electron chi connectivity index (χ3n) is 2.75. The largest absolute Gasteiger partial charge is 0.391 e. The van der Waals surface area contributed by atoms with E-state index in [-0.39, 0.29) is 6.10 Å². The van der Waals surface area contributed by atoms with Crippen LogP contribution in [-0.4, -0.2) is 21.0 Å². The number of aliphatic hydroxyl groups excluding tert-OH is 1. The van der Waals surface area contributed by atoms with E-state index in [1.165, 1.54) is 5.56 Å². The molecule has 0 aliphatic heterocycles. The lowest BCUT2D eigenvalue weighted by Crippen LogP contribution is -2.17. The van der Waals surface area contributed by atoms with E-state index in [1.807, 2.05) is 18.5 Å². The van der Waals surface area contributed by atoms with E-state index in [0.717, 1.165) is 24.2 Å². The molecule has 1 heterocycles. The second kappa shape index (κ2) is 4.60. The van der Waals surface area contributed by atoms with Crippen molar-refractivity contribution in [2.24, 2.45) is 0 Å². The quantitative estimate of drug-likeness (QED) is 0.799. The van der Waals surface area contributed by atoms with Gasteiger partial charge in [-0.05, 0) is 32.8 Å². The van der Waals surface area contributed by atoms with E-state index in [0.29, 0.717) is 6.54 Å². The Morgan fingerprint density at radius 1 is 1.36 bits per heavy atom. The van der Waals surface area contributed by atoms with Crippen LogP contribution in [0.3, 0.4) is 0 Å². The molecule has 0 spiro atoms. The Balaban J connectivity index is 2.72. The van der Waals surface area contributed by atoms with Crippen LogP contribution in [0, 0.1) is 20.8 Å². The number of aromatic nitrogens is 2. The van der Waals surface area contributed by atoms with E-state index in [1.54, 1.807) is 0 Å². The van der Waals surface area contributed by atoms with Crippen molar-refractivity contribution < 1.29 is 5.11 Å². The highest BCUT2D eigenvalue weighted by atomic mass is 16.3. The second-order valence-electron chi connectivity index (χ2n) is 3.92. The SMILES string of the molecule is CCCC(O)Cn1nc(C)c(C)c1C. The Morgan fingerprint density at radius 2 is 2.00 bits per heavy atom. The minimum Gasteiger partial charge on any atom is -0.391 e. The van der Waals surface area contributed by atoms with Crippen LogP contribution in [0.15, 0.2) is 0 Å². The van der Waals surface area contributed by atoms with Crippen molar-refractivity contribution in [1.29, 1.82) is 0 Å². The molecule has 1 aromatic heterocycles. The fourth-order valence-corrected chi connectivity index (χ4v) is 1.59. The average Bonchev–Trinajstić information content (AvgIpc) is 2.34. The molecule has 3 heteroatoms. The van der Waals surface area contributed by atoms with Crippen molar-refractivity contribution in [1.82, 2.24) is 9.78 Å². The van der Waals surface area contributed by atoms with Gasteiger partial charge in [0, 0.05) is 5.69 Å². The molecule has 1 aromatic rings. The Hall–Kier alpha value is -0.830. The molecule has 1 unspecified atom stereocenters. The Labute approximate surface area is 85.8 Å². The van der Waals surface area contributed by atoms with Gasteiger partial charge in [-0.3, -0.25) is 4.68 Å². The van der Waals surface area contributed by atoms with Crippen LogP contribution in [0.2, 0.25) is 0 Å². The summed E-state index contributed by atoms with van der Waals surface area (Å²) in [6.07, 6.45) is 1.59. The van der Waals surface area contributed by atoms with Gasteiger partial charge >= 0.3 is 0 Å². The molecule has 0 saturated heterocycles. The minimum absolute atomic E-state index is 0.266. The van der Waals surface area contributed by atoms with Crippen LogP contribution in [0.25, 0.3) is 0 Å². The molecule has 80 valence electrons. The van der Waals surface area contributed by atoms with Gasteiger partial charge in [-0.15, -0.1) is 0 Å². The smallest absolute Gasteiger partial charge is 0.0736 e. The van der Waals surface area contributed by atoms with Gasteiger partial charge in [-0.25, -0.2) is 0 Å². The highest BCUT2D eigenvalue weighted by molar-refractivity contribution is 5.22. The summed E-state index contributed by atoms with van der Waals surface area (Å²) in [7, 11) is 0. The van der Waals surface area contributed by atoms with Gasteiger partial charge in [0.05, 0.1) is 18.3 Å². The molecule has 0 radical (unpaired) electrons. The lowest BCUT2D eigenvalue weighted by atomic mass is 10.2. The molecule has 1 atom stereocenters. The van der Waals surface area contributed by atoms with Crippen molar-refractivity contribution in [3.8, 4) is 0 Å². The van der Waals surface area contributed by atoms with Crippen molar-refractivity contribution in [2.75, 3.05) is 0 Å². The molecule has 1 rings (SSSR count). The first-order valence-electron chi connectivity index (χ1n) is 5.25. The van der Waals surface area contributed by atoms with Crippen molar-refractivity contribution in [2.45, 2.75) is 53.2 Å². The van der Waals surface area contributed by atoms with Gasteiger partial charge in [0.15, 0.2) is 0 Å². The molecule has 0 bridgehead atoms. The summed E-state index contributed by atoms with van der Waals surface area (Å²) in [5, 5.41) is 14.1. The highest BCUT2D eigenvalue weighted by Gasteiger charge is 2.10. The standard InChI is InChI=1S/C11H20N2O/c1-5-6-11(14)7-13-10(4)8(2)9(3)12-13/h11,14H,5-7H2,1-4H3. The lowest BCUT2D eigenvalue weighted by molar-refractivity contribution is 0.138. The molecule has 0 aromatic carbocycles. The summed E-state index contributed by atoms with van der Waals surface area (Å²) in [5.41, 5.74) is 3.46. The molecule has 3 nitrogen and oxygen atoms in total. The van der Waals surface area contributed by atoms with E-state index < -0.39 is 0 Å². The topological polar surface area (TPSA) is 38.0 Å². The Morgan fingerprint density at radius 3 is 2.43 bits per heavy atom. The van der Waals surface area contributed by atoms with Gasteiger partial charge < -0.3 is 5.11 Å². The van der Waals surface area contributed by atoms with Crippen molar-refractivity contribution in [3.63, 3.8) is 0 Å². The van der Waals surface area contributed by atoms with E-state index >= 15 is 0 Å². The Bertz CT molecular complexity index is 304. The van der Waals surface area contributed by atoms with Crippen LogP contribution < -0.4 is 0 Å². The number of aliphatic hydroxyl groups is 1. The number of rotatable bonds is 4. The van der Waals surface area contributed by atoms with Crippen molar-refractivity contribution in [3.05, 3.63) is 17.0 Å². The van der Waals surface area contributed by atoms with Crippen LogP contribution in [0.5, 0.6) is 0 Å². The minimum atomic E-state index is -0.266. The number of hydrogen-bond donors (Lipinski definition) is 1. The predicted octanol–water partition coefficient (Wildman–Crippen LogP) is 1.97. The molecule has 0 fully saturated rings. The van der Waals surface area contributed by atoms with E-state index in [4.69, 9.17) is 0 Å². The normalized spacial score (nSPS) is 13.2. The summed E-state index contributed by atoms with van der Waals surface area (Å²) in [4.78, 5) is 0. The van der Waals surface area contributed by atoms with Crippen molar-refractivity contribution >= 4 is 0 Å². The van der Waals surface area contributed by atoms with Gasteiger partial charge in [-0.2, -0.15) is 5.10 Å². The maximum Gasteiger partial charge on any atom is 0.0736 e. The first-order valence-corrected chi connectivity index (χ1v) is 5.25. The van der Waals surface area contributed by atoms with Gasteiger partial charge in [0.25, 0.3) is 0 Å². The molecule has 0 saturated carbocycles. The van der Waals surface area contributed by atoms with Crippen LogP contribution in [-0.2, 0) is 6.54 Å². The second-order valence-corrected chi connectivity index (χ2v) is 3.92. The first kappa shape index (κ1) is 11.2. The molecule has 1 N–H and O–H groups in total. The summed E-state index contributed by atoms with van der Waals surface area (Å²) in [6, 6.07) is 0. The predicted molar refractivity (Wildman–Crippen MR) is 57.4 cm³/mol. The Kier molecular flexibility index (Phi) is 3.69. The molecule has 0 aliphatic carbocycles. The molecular weight excluding hydrogens is 176 g/mol. The number of aryl methyl sites for hydroxylation is 1. The highest BCUT2D eigenvalue weighted by Crippen LogP contribution is 2.12. The maximum absolute atomic E-state index is 9.67. The lowest BCUT2D eigenvalue weighted by Gasteiger charge is -2.10. The van der Waals surface area contributed by atoms with Crippen LogP contribution in [0.4, 0.5) is 0 Å². The first-order chi connectivity index (χ1) is 6.56. The third-order valence-corrected chi connectivity index (χ3v) is 2.75.